The number of hydrogen-bond donors (Lipinski definition) is 0. The number of rotatable bonds is 4. The number of aryl methyl sites for hydroxylation is 2. The molecule has 2 aliphatic rings. The summed E-state index contributed by atoms with van der Waals surface area (Å²) in [6, 6.07) is 1.90. The maximum atomic E-state index is 13.0. The predicted octanol–water partition coefficient (Wildman–Crippen LogP) is 1.78. The lowest BCUT2D eigenvalue weighted by Gasteiger charge is -2.39. The summed E-state index contributed by atoms with van der Waals surface area (Å²) < 4.78 is 8.04. The number of piperidine rings is 1. The van der Waals surface area contributed by atoms with Crippen LogP contribution in [0.15, 0.2) is 6.07 Å². The average Bonchev–Trinajstić information content (AvgIpc) is 3.09. The van der Waals surface area contributed by atoms with Gasteiger partial charge in [-0.2, -0.15) is 5.10 Å². The predicted molar refractivity (Wildman–Crippen MR) is 93.1 cm³/mol. The molecule has 2 unspecified atom stereocenters. The standard InChI is InChI=1S/C18H30N4O2/c1-5-22-16(9-14(2)19-22)17(23)21-8-6-7-18(13-21)10-15(12-24-18)11-20(3)4/h9,15H,5-8,10-13H2,1-4H3. The van der Waals surface area contributed by atoms with Crippen LogP contribution in [-0.4, -0.2) is 71.4 Å². The van der Waals surface area contributed by atoms with Crippen molar-refractivity contribution in [3.05, 3.63) is 17.5 Å². The van der Waals surface area contributed by atoms with E-state index in [1.807, 2.05) is 29.5 Å². The molecule has 0 aromatic carbocycles. The fourth-order valence-electron chi connectivity index (χ4n) is 4.25. The number of aromatic nitrogens is 2. The Morgan fingerprint density at radius 1 is 1.50 bits per heavy atom. The summed E-state index contributed by atoms with van der Waals surface area (Å²) >= 11 is 0. The number of carbonyl (C=O) groups excluding carboxylic acids is 1. The van der Waals surface area contributed by atoms with Gasteiger partial charge in [0.15, 0.2) is 0 Å². The molecule has 2 saturated heterocycles. The Kier molecular flexibility index (Phi) is 4.97. The Hall–Kier alpha value is -1.40. The van der Waals surface area contributed by atoms with E-state index in [1.54, 1.807) is 0 Å². The molecule has 0 aliphatic carbocycles. The van der Waals surface area contributed by atoms with E-state index in [4.69, 9.17) is 4.74 Å². The lowest BCUT2D eigenvalue weighted by Crippen LogP contribution is -2.50. The number of ether oxygens (including phenoxy) is 1. The minimum Gasteiger partial charge on any atom is -0.373 e. The van der Waals surface area contributed by atoms with Crippen LogP contribution >= 0.6 is 0 Å². The first-order chi connectivity index (χ1) is 11.4. The van der Waals surface area contributed by atoms with Crippen LogP contribution in [0.25, 0.3) is 0 Å². The minimum absolute atomic E-state index is 0.0937. The summed E-state index contributed by atoms with van der Waals surface area (Å²) in [5, 5.41) is 4.41. The number of hydrogen-bond acceptors (Lipinski definition) is 4. The lowest BCUT2D eigenvalue weighted by atomic mass is 9.86. The van der Waals surface area contributed by atoms with Gasteiger partial charge in [0, 0.05) is 19.6 Å². The Morgan fingerprint density at radius 2 is 2.29 bits per heavy atom. The molecule has 24 heavy (non-hydrogen) atoms. The van der Waals surface area contributed by atoms with Gasteiger partial charge in [-0.3, -0.25) is 9.48 Å². The van der Waals surface area contributed by atoms with E-state index in [0.29, 0.717) is 18.2 Å². The highest BCUT2D eigenvalue weighted by molar-refractivity contribution is 5.92. The number of carbonyl (C=O) groups is 1. The molecular formula is C18H30N4O2. The molecule has 6 nitrogen and oxygen atoms in total. The van der Waals surface area contributed by atoms with Crippen LogP contribution in [0.2, 0.25) is 0 Å². The largest absolute Gasteiger partial charge is 0.373 e. The normalized spacial score (nSPS) is 27.4. The molecule has 0 saturated carbocycles. The summed E-state index contributed by atoms with van der Waals surface area (Å²) in [7, 11) is 4.21. The first kappa shape index (κ1) is 17.4. The van der Waals surface area contributed by atoms with Crippen molar-refractivity contribution in [2.45, 2.75) is 45.3 Å². The maximum Gasteiger partial charge on any atom is 0.272 e. The van der Waals surface area contributed by atoms with Crippen molar-refractivity contribution in [2.75, 3.05) is 40.3 Å². The van der Waals surface area contributed by atoms with Crippen LogP contribution in [-0.2, 0) is 11.3 Å². The van der Waals surface area contributed by atoms with Gasteiger partial charge in [0.25, 0.3) is 5.91 Å². The molecule has 0 radical (unpaired) electrons. The molecule has 2 aliphatic heterocycles. The van der Waals surface area contributed by atoms with Crippen molar-refractivity contribution in [2.24, 2.45) is 5.92 Å². The second-order valence-corrected chi connectivity index (χ2v) is 7.64. The first-order valence-electron chi connectivity index (χ1n) is 9.05. The van der Waals surface area contributed by atoms with E-state index >= 15 is 0 Å². The Bertz CT molecular complexity index is 598. The van der Waals surface area contributed by atoms with Crippen LogP contribution in [0.3, 0.4) is 0 Å². The van der Waals surface area contributed by atoms with Crippen molar-refractivity contribution < 1.29 is 9.53 Å². The average molecular weight is 334 g/mol. The van der Waals surface area contributed by atoms with Crippen LogP contribution in [0.5, 0.6) is 0 Å². The van der Waals surface area contributed by atoms with E-state index in [1.165, 1.54) is 0 Å². The van der Waals surface area contributed by atoms with Gasteiger partial charge in [-0.15, -0.1) is 0 Å². The number of amides is 1. The van der Waals surface area contributed by atoms with E-state index in [0.717, 1.165) is 51.2 Å². The molecule has 1 amide bonds. The molecule has 3 heterocycles. The molecule has 2 atom stereocenters. The number of likely N-dealkylation sites (tertiary alicyclic amines) is 1. The molecule has 2 fully saturated rings. The van der Waals surface area contributed by atoms with Crippen LogP contribution in [0, 0.1) is 12.8 Å². The van der Waals surface area contributed by atoms with E-state index < -0.39 is 0 Å². The highest BCUT2D eigenvalue weighted by Crippen LogP contribution is 2.38. The molecule has 1 aromatic heterocycles. The molecular weight excluding hydrogens is 304 g/mol. The van der Waals surface area contributed by atoms with Crippen molar-refractivity contribution in [1.82, 2.24) is 19.6 Å². The Balaban J connectivity index is 1.70. The van der Waals surface area contributed by atoms with Crippen LogP contribution < -0.4 is 0 Å². The van der Waals surface area contributed by atoms with Crippen LogP contribution in [0.4, 0.5) is 0 Å². The zero-order valence-corrected chi connectivity index (χ0v) is 15.4. The minimum atomic E-state index is -0.138. The zero-order valence-electron chi connectivity index (χ0n) is 15.4. The van der Waals surface area contributed by atoms with Gasteiger partial charge in [-0.05, 0) is 59.2 Å². The smallest absolute Gasteiger partial charge is 0.272 e. The Morgan fingerprint density at radius 3 is 3.00 bits per heavy atom. The molecule has 0 bridgehead atoms. The summed E-state index contributed by atoms with van der Waals surface area (Å²) in [5.41, 5.74) is 1.46. The second kappa shape index (κ2) is 6.84. The third-order valence-electron chi connectivity index (χ3n) is 5.16. The van der Waals surface area contributed by atoms with E-state index in [-0.39, 0.29) is 11.5 Å². The molecule has 0 N–H and O–H groups in total. The first-order valence-corrected chi connectivity index (χ1v) is 9.05. The zero-order chi connectivity index (χ0) is 17.3. The van der Waals surface area contributed by atoms with Gasteiger partial charge in [-0.1, -0.05) is 0 Å². The topological polar surface area (TPSA) is 50.6 Å². The quantitative estimate of drug-likeness (QED) is 0.842. The highest BCUT2D eigenvalue weighted by Gasteiger charge is 2.44. The summed E-state index contributed by atoms with van der Waals surface area (Å²) in [5.74, 6) is 0.662. The summed E-state index contributed by atoms with van der Waals surface area (Å²) in [4.78, 5) is 17.2. The molecule has 134 valence electrons. The van der Waals surface area contributed by atoms with Gasteiger partial charge in [0.1, 0.15) is 5.69 Å². The number of nitrogens with zero attached hydrogens (tertiary/aromatic N) is 4. The molecule has 6 heteroatoms. The van der Waals surface area contributed by atoms with Crippen molar-refractivity contribution in [3.8, 4) is 0 Å². The van der Waals surface area contributed by atoms with Crippen LogP contribution in [0.1, 0.15) is 42.4 Å². The molecule has 3 rings (SSSR count). The lowest BCUT2D eigenvalue weighted by molar-refractivity contribution is -0.0452. The van der Waals surface area contributed by atoms with Gasteiger partial charge in [0.05, 0.1) is 24.4 Å². The summed E-state index contributed by atoms with van der Waals surface area (Å²) in [6.45, 7) is 8.07. The second-order valence-electron chi connectivity index (χ2n) is 7.64. The van der Waals surface area contributed by atoms with Gasteiger partial charge in [0.2, 0.25) is 0 Å². The van der Waals surface area contributed by atoms with Crippen molar-refractivity contribution >= 4 is 5.91 Å². The SMILES string of the molecule is CCn1nc(C)cc1C(=O)N1CCCC2(CC(CN(C)C)CO2)C1. The van der Waals surface area contributed by atoms with Gasteiger partial charge >= 0.3 is 0 Å². The van der Waals surface area contributed by atoms with Gasteiger partial charge in [-0.25, -0.2) is 0 Å². The maximum absolute atomic E-state index is 13.0. The van der Waals surface area contributed by atoms with E-state index in [2.05, 4.69) is 24.1 Å². The third kappa shape index (κ3) is 3.49. The Labute approximate surface area is 144 Å². The summed E-state index contributed by atoms with van der Waals surface area (Å²) in [6.07, 6.45) is 3.13. The molecule has 1 spiro atoms. The van der Waals surface area contributed by atoms with Gasteiger partial charge < -0.3 is 14.5 Å². The fourth-order valence-corrected chi connectivity index (χ4v) is 4.25. The van der Waals surface area contributed by atoms with Crippen molar-refractivity contribution in [1.29, 1.82) is 0 Å². The highest BCUT2D eigenvalue weighted by atomic mass is 16.5. The third-order valence-corrected chi connectivity index (χ3v) is 5.16. The van der Waals surface area contributed by atoms with E-state index in [9.17, 15) is 4.79 Å². The fraction of sp³-hybridized carbons (Fsp3) is 0.778. The monoisotopic (exact) mass is 334 g/mol. The molecule has 1 aromatic rings. The van der Waals surface area contributed by atoms with Crippen molar-refractivity contribution in [3.63, 3.8) is 0 Å².